The van der Waals surface area contributed by atoms with Crippen LogP contribution in [0.3, 0.4) is 0 Å². The van der Waals surface area contributed by atoms with E-state index in [1.54, 1.807) is 0 Å². The molecule has 1 heterocycles. The Morgan fingerprint density at radius 2 is 1.04 bits per heavy atom. The third-order valence-corrected chi connectivity index (χ3v) is 11.4. The molecular formula is C24H17BrSi. The second-order valence-electron chi connectivity index (χ2n) is 6.69. The smallest absolute Gasteiger partial charge is 0.0623 e. The van der Waals surface area contributed by atoms with Crippen LogP contribution in [0.2, 0.25) is 0 Å². The van der Waals surface area contributed by atoms with E-state index in [0.717, 1.165) is 0 Å². The first kappa shape index (κ1) is 15.8. The molecule has 0 amide bonds. The molecule has 0 saturated heterocycles. The molecule has 0 saturated carbocycles. The van der Waals surface area contributed by atoms with Gasteiger partial charge in [0.05, 0.1) is 0 Å². The highest BCUT2D eigenvalue weighted by molar-refractivity contribution is 9.10. The number of benzene rings is 4. The molecule has 1 aliphatic heterocycles. The summed E-state index contributed by atoms with van der Waals surface area (Å²) in [5, 5.41) is 5.83. The van der Waals surface area contributed by atoms with Gasteiger partial charge >= 0.3 is 0 Å². The van der Waals surface area contributed by atoms with Gasteiger partial charge in [0, 0.05) is 4.47 Å². The summed E-state index contributed by atoms with van der Waals surface area (Å²) < 4.78 is 1.21. The molecule has 0 nitrogen and oxygen atoms in total. The van der Waals surface area contributed by atoms with E-state index in [1.807, 2.05) is 0 Å². The number of fused-ring (bicyclic) bond motifs is 3. The maximum atomic E-state index is 3.91. The fourth-order valence-corrected chi connectivity index (χ4v) is 10.9. The summed E-state index contributed by atoms with van der Waals surface area (Å²) in [5.74, 6) is 0. The zero-order chi connectivity index (χ0) is 17.6. The monoisotopic (exact) mass is 412 g/mol. The lowest BCUT2D eigenvalue weighted by atomic mass is 10.1. The highest BCUT2D eigenvalue weighted by Gasteiger charge is 2.49. The first-order chi connectivity index (χ1) is 12.8. The van der Waals surface area contributed by atoms with E-state index in [9.17, 15) is 0 Å². The van der Waals surface area contributed by atoms with Crippen molar-refractivity contribution >= 4 is 44.8 Å². The van der Waals surface area contributed by atoms with Crippen molar-refractivity contribution < 1.29 is 0 Å². The Morgan fingerprint density at radius 1 is 0.500 bits per heavy atom. The largest absolute Gasteiger partial charge is 0.182 e. The van der Waals surface area contributed by atoms with Crippen molar-refractivity contribution in [2.75, 3.05) is 0 Å². The third-order valence-electron chi connectivity index (χ3n) is 5.42. The second kappa shape index (κ2) is 6.08. The summed E-state index contributed by atoms with van der Waals surface area (Å²) in [6.07, 6.45) is 0. The minimum absolute atomic E-state index is 1.21. The van der Waals surface area contributed by atoms with Gasteiger partial charge in [-0.1, -0.05) is 113 Å². The lowest BCUT2D eigenvalue weighted by molar-refractivity contribution is 1.67. The second-order valence-corrected chi connectivity index (χ2v) is 11.2. The molecule has 0 atom stereocenters. The predicted molar refractivity (Wildman–Crippen MR) is 117 cm³/mol. The van der Waals surface area contributed by atoms with Crippen molar-refractivity contribution in [3.05, 3.63) is 108 Å². The quantitative estimate of drug-likeness (QED) is 0.386. The van der Waals surface area contributed by atoms with Gasteiger partial charge in [-0.3, -0.25) is 0 Å². The fourth-order valence-electron chi connectivity index (χ4n) is 4.45. The molecule has 1 aliphatic rings. The van der Waals surface area contributed by atoms with Crippen LogP contribution in [0.1, 0.15) is 0 Å². The van der Waals surface area contributed by atoms with Crippen molar-refractivity contribution in [1.82, 2.24) is 0 Å². The number of rotatable bonds is 2. The molecule has 0 bridgehead atoms. The molecule has 4 aromatic carbocycles. The van der Waals surface area contributed by atoms with Crippen LogP contribution in [-0.2, 0) is 0 Å². The molecule has 0 radical (unpaired) electrons. The van der Waals surface area contributed by atoms with Crippen molar-refractivity contribution in [1.29, 1.82) is 0 Å². The summed E-state index contributed by atoms with van der Waals surface area (Å²) in [4.78, 5) is 0. The maximum Gasteiger partial charge on any atom is 0.182 e. The summed E-state index contributed by atoms with van der Waals surface area (Å²) in [6.45, 7) is 0. The molecule has 124 valence electrons. The third kappa shape index (κ3) is 2.06. The van der Waals surface area contributed by atoms with Crippen LogP contribution in [0.25, 0.3) is 11.1 Å². The minimum atomic E-state index is -2.32. The molecule has 5 rings (SSSR count). The summed E-state index contributed by atoms with van der Waals surface area (Å²) in [6, 6.07) is 37.7. The average molecular weight is 413 g/mol. The first-order valence-corrected chi connectivity index (χ1v) is 11.6. The van der Waals surface area contributed by atoms with E-state index in [-0.39, 0.29) is 0 Å². The Morgan fingerprint density at radius 3 is 1.69 bits per heavy atom. The topological polar surface area (TPSA) is 0 Å². The van der Waals surface area contributed by atoms with Crippen LogP contribution in [0.15, 0.2) is 108 Å². The van der Waals surface area contributed by atoms with Gasteiger partial charge in [0.25, 0.3) is 0 Å². The molecule has 0 aromatic heterocycles. The number of halogens is 1. The van der Waals surface area contributed by atoms with E-state index in [4.69, 9.17) is 0 Å². The van der Waals surface area contributed by atoms with Gasteiger partial charge in [-0.25, -0.2) is 0 Å². The van der Waals surface area contributed by atoms with E-state index >= 15 is 0 Å². The van der Waals surface area contributed by atoms with Gasteiger partial charge in [0.2, 0.25) is 0 Å². The Kier molecular flexibility index (Phi) is 3.70. The Hall–Kier alpha value is -2.42. The maximum absolute atomic E-state index is 3.91. The summed E-state index contributed by atoms with van der Waals surface area (Å²) in [7, 11) is -2.32. The van der Waals surface area contributed by atoms with Crippen molar-refractivity contribution in [3.8, 4) is 11.1 Å². The van der Waals surface area contributed by atoms with Gasteiger partial charge in [-0.15, -0.1) is 0 Å². The summed E-state index contributed by atoms with van der Waals surface area (Å²) >= 11 is 3.91. The van der Waals surface area contributed by atoms with Crippen molar-refractivity contribution in [2.24, 2.45) is 0 Å². The first-order valence-electron chi connectivity index (χ1n) is 8.83. The SMILES string of the molecule is Brc1cccc2c1[Si](c1ccccc1)(c1ccccc1)c1ccccc1-2. The average Bonchev–Trinajstić information content (AvgIpc) is 3.02. The molecule has 4 aromatic rings. The zero-order valence-electron chi connectivity index (χ0n) is 14.2. The van der Waals surface area contributed by atoms with Crippen LogP contribution in [0.4, 0.5) is 0 Å². The highest BCUT2D eigenvalue weighted by Crippen LogP contribution is 2.31. The van der Waals surface area contributed by atoms with Crippen LogP contribution >= 0.6 is 15.9 Å². The Labute approximate surface area is 163 Å². The molecular weight excluding hydrogens is 396 g/mol. The van der Waals surface area contributed by atoms with E-state index in [1.165, 1.54) is 36.3 Å². The van der Waals surface area contributed by atoms with Crippen molar-refractivity contribution in [2.45, 2.75) is 0 Å². The molecule has 0 aliphatic carbocycles. The fraction of sp³-hybridized carbons (Fsp3) is 0. The molecule has 0 fully saturated rings. The lowest BCUT2D eigenvalue weighted by Gasteiger charge is -2.31. The van der Waals surface area contributed by atoms with Crippen molar-refractivity contribution in [3.63, 3.8) is 0 Å². The Bertz CT molecular complexity index is 1050. The minimum Gasteiger partial charge on any atom is -0.0623 e. The van der Waals surface area contributed by atoms with E-state index < -0.39 is 8.07 Å². The zero-order valence-corrected chi connectivity index (χ0v) is 16.8. The van der Waals surface area contributed by atoms with Crippen LogP contribution in [0.5, 0.6) is 0 Å². The van der Waals surface area contributed by atoms with Gasteiger partial charge in [-0.2, -0.15) is 0 Å². The van der Waals surface area contributed by atoms with Crippen LogP contribution in [0, 0.1) is 0 Å². The lowest BCUT2D eigenvalue weighted by Crippen LogP contribution is -2.73. The number of hydrogen-bond acceptors (Lipinski definition) is 0. The molecule has 0 spiro atoms. The summed E-state index contributed by atoms with van der Waals surface area (Å²) in [5.41, 5.74) is 2.75. The molecule has 0 unspecified atom stereocenters. The van der Waals surface area contributed by atoms with Crippen LogP contribution < -0.4 is 20.7 Å². The number of hydrogen-bond donors (Lipinski definition) is 0. The van der Waals surface area contributed by atoms with Gasteiger partial charge in [-0.05, 0) is 37.9 Å². The van der Waals surface area contributed by atoms with Gasteiger partial charge < -0.3 is 0 Å². The predicted octanol–water partition coefficient (Wildman–Crippen LogP) is 3.81. The van der Waals surface area contributed by atoms with Gasteiger partial charge in [0.15, 0.2) is 8.07 Å². The normalized spacial score (nSPS) is 13.9. The highest BCUT2D eigenvalue weighted by atomic mass is 79.9. The van der Waals surface area contributed by atoms with Crippen LogP contribution in [-0.4, -0.2) is 8.07 Å². The standard InChI is InChI=1S/C24H17BrSi/c25-22-16-9-15-21-20-14-7-8-17-23(20)26(24(21)22,18-10-3-1-4-11-18)19-12-5-2-6-13-19/h1-17H. The van der Waals surface area contributed by atoms with Gasteiger partial charge in [0.1, 0.15) is 0 Å². The molecule has 2 heteroatoms. The molecule has 26 heavy (non-hydrogen) atoms. The molecule has 0 N–H and O–H groups in total. The Balaban J connectivity index is 2.01. The van der Waals surface area contributed by atoms with E-state index in [0.29, 0.717) is 0 Å². The van der Waals surface area contributed by atoms with E-state index in [2.05, 4.69) is 119 Å².